The lowest BCUT2D eigenvalue weighted by Crippen LogP contribution is -2.22. The lowest BCUT2D eigenvalue weighted by Gasteiger charge is -2.16. The van der Waals surface area contributed by atoms with Crippen molar-refractivity contribution in [2.45, 2.75) is 25.8 Å². The van der Waals surface area contributed by atoms with Gasteiger partial charge in [0.25, 0.3) is 0 Å². The Labute approximate surface area is 126 Å². The average molecular weight is 302 g/mol. The summed E-state index contributed by atoms with van der Waals surface area (Å²) in [4.78, 5) is 0. The molecule has 114 valence electrons. The second kappa shape index (κ2) is 10.00. The van der Waals surface area contributed by atoms with Crippen molar-refractivity contribution in [2.24, 2.45) is 5.73 Å². The van der Waals surface area contributed by atoms with E-state index >= 15 is 0 Å². The van der Waals surface area contributed by atoms with Crippen LogP contribution >= 0.6 is 11.6 Å². The van der Waals surface area contributed by atoms with Gasteiger partial charge in [0, 0.05) is 23.7 Å². The molecule has 0 heterocycles. The smallest absolute Gasteiger partial charge is 0.124 e. The van der Waals surface area contributed by atoms with Crippen molar-refractivity contribution in [3.8, 4) is 5.75 Å². The van der Waals surface area contributed by atoms with Crippen LogP contribution in [0.5, 0.6) is 5.75 Å². The summed E-state index contributed by atoms with van der Waals surface area (Å²) >= 11 is 6.23. The Bertz CT molecular complexity index is 387. The van der Waals surface area contributed by atoms with Crippen LogP contribution in [0.1, 0.15) is 18.9 Å². The zero-order chi connectivity index (χ0) is 14.8. The molecule has 2 N–H and O–H groups in total. The topological polar surface area (TPSA) is 53.7 Å². The maximum Gasteiger partial charge on any atom is 0.124 e. The number of halogens is 1. The lowest BCUT2D eigenvalue weighted by atomic mass is 10.0. The van der Waals surface area contributed by atoms with Crippen LogP contribution in [0.4, 0.5) is 0 Å². The fraction of sp³-hybridized carbons (Fsp3) is 0.600. The number of hydrogen-bond donors (Lipinski definition) is 1. The van der Waals surface area contributed by atoms with Crippen LogP contribution in [-0.2, 0) is 15.9 Å². The van der Waals surface area contributed by atoms with E-state index in [2.05, 4.69) is 6.92 Å². The van der Waals surface area contributed by atoms with Gasteiger partial charge in [-0.05, 0) is 25.0 Å². The van der Waals surface area contributed by atoms with E-state index in [0.29, 0.717) is 31.5 Å². The SMILES string of the molecule is CCC(N)Cc1c(Cl)cccc1OCCOCCOC. The highest BCUT2D eigenvalue weighted by Gasteiger charge is 2.11. The Morgan fingerprint density at radius 1 is 1.20 bits per heavy atom. The molecule has 0 aromatic heterocycles. The molecule has 1 aromatic rings. The van der Waals surface area contributed by atoms with Gasteiger partial charge in [-0.1, -0.05) is 24.6 Å². The molecular weight excluding hydrogens is 278 g/mol. The van der Waals surface area contributed by atoms with Gasteiger partial charge in [0.2, 0.25) is 0 Å². The van der Waals surface area contributed by atoms with Crippen molar-refractivity contribution in [3.05, 3.63) is 28.8 Å². The van der Waals surface area contributed by atoms with E-state index in [1.165, 1.54) is 0 Å². The standard InChI is InChI=1S/C15H24ClNO3/c1-3-12(17)11-13-14(16)5-4-6-15(13)20-10-9-19-8-7-18-2/h4-6,12H,3,7-11,17H2,1-2H3. The summed E-state index contributed by atoms with van der Waals surface area (Å²) in [5.74, 6) is 0.789. The van der Waals surface area contributed by atoms with Crippen LogP contribution < -0.4 is 10.5 Å². The molecule has 0 spiro atoms. The Morgan fingerprint density at radius 3 is 2.65 bits per heavy atom. The molecule has 1 aromatic carbocycles. The van der Waals surface area contributed by atoms with Gasteiger partial charge < -0.3 is 19.9 Å². The fourth-order valence-corrected chi connectivity index (χ4v) is 1.98. The van der Waals surface area contributed by atoms with Gasteiger partial charge in [-0.2, -0.15) is 0 Å². The van der Waals surface area contributed by atoms with Gasteiger partial charge in [0.15, 0.2) is 0 Å². The highest BCUT2D eigenvalue weighted by atomic mass is 35.5. The first-order valence-corrected chi connectivity index (χ1v) is 7.29. The van der Waals surface area contributed by atoms with Crippen molar-refractivity contribution >= 4 is 11.6 Å². The molecule has 0 fully saturated rings. The molecule has 0 aliphatic carbocycles. The van der Waals surface area contributed by atoms with Crippen molar-refractivity contribution in [2.75, 3.05) is 33.5 Å². The molecule has 1 unspecified atom stereocenters. The maximum absolute atomic E-state index is 6.23. The molecule has 20 heavy (non-hydrogen) atoms. The van der Waals surface area contributed by atoms with Crippen molar-refractivity contribution < 1.29 is 14.2 Å². The average Bonchev–Trinajstić information content (AvgIpc) is 2.45. The number of benzene rings is 1. The van der Waals surface area contributed by atoms with Crippen molar-refractivity contribution in [1.82, 2.24) is 0 Å². The predicted molar refractivity (Wildman–Crippen MR) is 81.6 cm³/mol. The fourth-order valence-electron chi connectivity index (χ4n) is 1.73. The van der Waals surface area contributed by atoms with Gasteiger partial charge in [0.05, 0.1) is 19.8 Å². The Morgan fingerprint density at radius 2 is 1.95 bits per heavy atom. The minimum atomic E-state index is 0.0928. The first kappa shape index (κ1) is 17.2. The summed E-state index contributed by atoms with van der Waals surface area (Å²) in [6.45, 7) is 4.23. The zero-order valence-electron chi connectivity index (χ0n) is 12.2. The van der Waals surface area contributed by atoms with Gasteiger partial charge in [0.1, 0.15) is 12.4 Å². The Kier molecular flexibility index (Phi) is 8.62. The normalized spacial score (nSPS) is 12.4. The first-order valence-electron chi connectivity index (χ1n) is 6.91. The molecule has 0 radical (unpaired) electrons. The van der Waals surface area contributed by atoms with Crippen LogP contribution in [0.25, 0.3) is 0 Å². The molecule has 0 aliphatic rings. The predicted octanol–water partition coefficient (Wildman–Crippen LogP) is 2.66. The second-order valence-electron chi connectivity index (χ2n) is 4.54. The monoisotopic (exact) mass is 301 g/mol. The molecule has 0 saturated heterocycles. The van der Waals surface area contributed by atoms with Gasteiger partial charge in [-0.15, -0.1) is 0 Å². The van der Waals surface area contributed by atoms with Crippen molar-refractivity contribution in [3.63, 3.8) is 0 Å². The van der Waals surface area contributed by atoms with E-state index in [1.54, 1.807) is 7.11 Å². The highest BCUT2D eigenvalue weighted by molar-refractivity contribution is 6.31. The number of ether oxygens (including phenoxy) is 3. The molecule has 0 amide bonds. The minimum Gasteiger partial charge on any atom is -0.491 e. The second-order valence-corrected chi connectivity index (χ2v) is 4.95. The molecular formula is C15H24ClNO3. The first-order chi connectivity index (χ1) is 9.69. The van der Waals surface area contributed by atoms with Gasteiger partial charge in [-0.3, -0.25) is 0 Å². The van der Waals surface area contributed by atoms with E-state index in [9.17, 15) is 0 Å². The summed E-state index contributed by atoms with van der Waals surface area (Å²) in [6, 6.07) is 5.75. The van der Waals surface area contributed by atoms with E-state index in [1.807, 2.05) is 18.2 Å². The molecule has 0 saturated carbocycles. The largest absolute Gasteiger partial charge is 0.491 e. The third-order valence-electron chi connectivity index (χ3n) is 2.98. The molecule has 1 atom stereocenters. The zero-order valence-corrected chi connectivity index (χ0v) is 13.0. The molecule has 0 bridgehead atoms. The number of nitrogens with two attached hydrogens (primary N) is 1. The molecule has 4 nitrogen and oxygen atoms in total. The van der Waals surface area contributed by atoms with Crippen LogP contribution in [0, 0.1) is 0 Å². The van der Waals surface area contributed by atoms with E-state index in [4.69, 9.17) is 31.5 Å². The third-order valence-corrected chi connectivity index (χ3v) is 3.34. The maximum atomic E-state index is 6.23. The summed E-state index contributed by atoms with van der Waals surface area (Å²) in [5, 5.41) is 0.701. The number of rotatable bonds is 10. The van der Waals surface area contributed by atoms with Gasteiger partial charge >= 0.3 is 0 Å². The van der Waals surface area contributed by atoms with E-state index in [-0.39, 0.29) is 6.04 Å². The minimum absolute atomic E-state index is 0.0928. The van der Waals surface area contributed by atoms with Gasteiger partial charge in [-0.25, -0.2) is 0 Å². The summed E-state index contributed by atoms with van der Waals surface area (Å²) in [7, 11) is 1.65. The Hall–Kier alpha value is -0.810. The Balaban J connectivity index is 2.49. The summed E-state index contributed by atoms with van der Waals surface area (Å²) in [6.07, 6.45) is 1.63. The molecule has 0 aliphatic heterocycles. The third kappa shape index (κ3) is 6.09. The van der Waals surface area contributed by atoms with E-state index in [0.717, 1.165) is 24.2 Å². The van der Waals surface area contributed by atoms with Crippen molar-refractivity contribution in [1.29, 1.82) is 0 Å². The van der Waals surface area contributed by atoms with Crippen LogP contribution in [0.2, 0.25) is 5.02 Å². The molecule has 5 heteroatoms. The van der Waals surface area contributed by atoms with E-state index < -0.39 is 0 Å². The number of hydrogen-bond acceptors (Lipinski definition) is 4. The summed E-state index contributed by atoms with van der Waals surface area (Å²) < 4.78 is 16.0. The van der Waals surface area contributed by atoms with Crippen LogP contribution in [-0.4, -0.2) is 39.6 Å². The number of methoxy groups -OCH3 is 1. The summed E-state index contributed by atoms with van der Waals surface area (Å²) in [5.41, 5.74) is 6.97. The van der Waals surface area contributed by atoms with Crippen LogP contribution in [0.3, 0.4) is 0 Å². The quantitative estimate of drug-likeness (QED) is 0.675. The highest BCUT2D eigenvalue weighted by Crippen LogP contribution is 2.27. The van der Waals surface area contributed by atoms with Crippen LogP contribution in [0.15, 0.2) is 18.2 Å². The lowest BCUT2D eigenvalue weighted by molar-refractivity contribution is 0.0542. The molecule has 1 rings (SSSR count).